The number of amides is 1. The monoisotopic (exact) mass is 388 g/mol. The molecule has 1 aliphatic heterocycles. The van der Waals surface area contributed by atoms with Crippen LogP contribution in [0.15, 0.2) is 85.2 Å². The van der Waals surface area contributed by atoms with Gasteiger partial charge in [-0.15, -0.1) is 0 Å². The lowest BCUT2D eigenvalue weighted by Gasteiger charge is -2.25. The maximum absolute atomic E-state index is 13.3. The molecule has 2 aromatic carbocycles. The molecule has 0 saturated heterocycles. The molecule has 7 nitrogen and oxygen atoms in total. The number of pyridine rings is 1. The van der Waals surface area contributed by atoms with E-state index in [-0.39, 0.29) is 5.91 Å². The van der Waals surface area contributed by atoms with Crippen LogP contribution in [0.2, 0.25) is 0 Å². The Bertz CT molecular complexity index is 992. The first-order chi connectivity index (χ1) is 14.2. The molecule has 3 N–H and O–H groups in total. The van der Waals surface area contributed by atoms with E-state index in [2.05, 4.69) is 15.9 Å². The van der Waals surface area contributed by atoms with Crippen molar-refractivity contribution in [2.75, 3.05) is 10.4 Å². The molecule has 4 rings (SSSR count). The van der Waals surface area contributed by atoms with Crippen molar-refractivity contribution in [3.8, 4) is 0 Å². The highest BCUT2D eigenvalue weighted by atomic mass is 16.7. The van der Waals surface area contributed by atoms with Gasteiger partial charge in [0.25, 0.3) is 5.91 Å². The van der Waals surface area contributed by atoms with E-state index in [1.54, 1.807) is 35.5 Å². The van der Waals surface area contributed by atoms with Crippen molar-refractivity contribution in [1.82, 2.24) is 10.5 Å². The van der Waals surface area contributed by atoms with E-state index in [1.165, 1.54) is 0 Å². The minimum Gasteiger partial charge on any atom is -0.305 e. The highest BCUT2D eigenvalue weighted by Gasteiger charge is 2.30. The maximum atomic E-state index is 13.3. The number of hydroxylamine groups is 1. The van der Waals surface area contributed by atoms with Crippen LogP contribution in [0.25, 0.3) is 5.70 Å². The summed E-state index contributed by atoms with van der Waals surface area (Å²) in [5.41, 5.74) is 8.77. The first kappa shape index (κ1) is 18.7. The number of hydrogen-bond donors (Lipinski definition) is 3. The summed E-state index contributed by atoms with van der Waals surface area (Å²) in [4.78, 5) is 24.6. The molecule has 0 radical (unpaired) electrons. The summed E-state index contributed by atoms with van der Waals surface area (Å²) in [6, 6.07) is 20.4. The first-order valence-electron chi connectivity index (χ1n) is 9.14. The number of benzene rings is 2. The fraction of sp³-hybridized carbons (Fsp3) is 0.0909. The van der Waals surface area contributed by atoms with E-state index < -0.39 is 6.10 Å². The van der Waals surface area contributed by atoms with E-state index in [4.69, 9.17) is 10.0 Å². The summed E-state index contributed by atoms with van der Waals surface area (Å²) in [5, 5.41) is 8.99. The molecule has 1 aliphatic rings. The SMILES string of the molecule is O=C(C1C=C(c2cccnc2)NO1)N(Cc1ccc(NO)cc1)c1ccccc1. The fourth-order valence-corrected chi connectivity index (χ4v) is 3.07. The Kier molecular flexibility index (Phi) is 5.51. The lowest BCUT2D eigenvalue weighted by molar-refractivity contribution is -0.128. The predicted molar refractivity (Wildman–Crippen MR) is 110 cm³/mol. The quantitative estimate of drug-likeness (QED) is 0.562. The molecule has 0 aliphatic carbocycles. The molecule has 1 atom stereocenters. The lowest BCUT2D eigenvalue weighted by Crippen LogP contribution is -2.39. The molecule has 146 valence electrons. The van der Waals surface area contributed by atoms with Gasteiger partial charge < -0.3 is 4.90 Å². The standard InChI is InChI=1S/C22H20N4O3/c27-22(21-13-20(25-29-21)17-5-4-12-23-14-17)26(19-6-2-1-3-7-19)15-16-8-10-18(24-28)11-9-16/h1-14,21,24-25,28H,15H2. The minimum absolute atomic E-state index is 0.188. The highest BCUT2D eigenvalue weighted by Crippen LogP contribution is 2.23. The molecule has 3 aromatic rings. The second-order valence-corrected chi connectivity index (χ2v) is 6.53. The third-order valence-corrected chi connectivity index (χ3v) is 4.59. The minimum atomic E-state index is -0.760. The van der Waals surface area contributed by atoms with Crippen molar-refractivity contribution in [1.29, 1.82) is 0 Å². The molecule has 2 heterocycles. The van der Waals surface area contributed by atoms with Crippen LogP contribution in [0.4, 0.5) is 11.4 Å². The Morgan fingerprint density at radius 3 is 2.59 bits per heavy atom. The number of hydrogen-bond acceptors (Lipinski definition) is 6. The summed E-state index contributed by atoms with van der Waals surface area (Å²) in [6.07, 6.45) is 4.40. The van der Waals surface area contributed by atoms with Crippen molar-refractivity contribution in [3.05, 3.63) is 96.3 Å². The zero-order valence-electron chi connectivity index (χ0n) is 15.5. The van der Waals surface area contributed by atoms with E-state index in [9.17, 15) is 4.79 Å². The molecule has 7 heteroatoms. The van der Waals surface area contributed by atoms with Crippen LogP contribution < -0.4 is 15.9 Å². The van der Waals surface area contributed by atoms with Gasteiger partial charge in [0.1, 0.15) is 0 Å². The van der Waals surface area contributed by atoms with E-state index in [0.717, 1.165) is 16.8 Å². The average molecular weight is 388 g/mol. The highest BCUT2D eigenvalue weighted by molar-refractivity contribution is 5.99. The fourth-order valence-electron chi connectivity index (χ4n) is 3.07. The maximum Gasteiger partial charge on any atom is 0.263 e. The molecular formula is C22H20N4O3. The van der Waals surface area contributed by atoms with E-state index >= 15 is 0 Å². The molecule has 0 spiro atoms. The third-order valence-electron chi connectivity index (χ3n) is 4.59. The number of carbonyl (C=O) groups is 1. The van der Waals surface area contributed by atoms with Crippen molar-refractivity contribution < 1.29 is 14.8 Å². The number of nitrogens with one attached hydrogen (secondary N) is 2. The summed E-state index contributed by atoms with van der Waals surface area (Å²) in [5.74, 6) is -0.188. The number of rotatable bonds is 6. The van der Waals surface area contributed by atoms with Gasteiger partial charge in [0.05, 0.1) is 17.9 Å². The molecule has 1 aromatic heterocycles. The Morgan fingerprint density at radius 2 is 1.90 bits per heavy atom. The molecule has 0 fully saturated rings. The Balaban J connectivity index is 1.59. The average Bonchev–Trinajstić information content (AvgIpc) is 3.29. The number of carbonyl (C=O) groups excluding carboxylic acids is 1. The molecular weight excluding hydrogens is 368 g/mol. The van der Waals surface area contributed by atoms with E-state index in [0.29, 0.717) is 17.9 Å². The van der Waals surface area contributed by atoms with Crippen LogP contribution in [-0.4, -0.2) is 22.2 Å². The topological polar surface area (TPSA) is 86.7 Å². The van der Waals surface area contributed by atoms with Crippen LogP contribution in [0.1, 0.15) is 11.1 Å². The predicted octanol–water partition coefficient (Wildman–Crippen LogP) is 3.36. The van der Waals surface area contributed by atoms with E-state index in [1.807, 2.05) is 54.6 Å². The van der Waals surface area contributed by atoms with Gasteiger partial charge in [-0.1, -0.05) is 30.3 Å². The van der Waals surface area contributed by atoms with Gasteiger partial charge in [0, 0.05) is 23.6 Å². The number of aromatic nitrogens is 1. The normalized spacial score (nSPS) is 15.3. The van der Waals surface area contributed by atoms with Crippen LogP contribution >= 0.6 is 0 Å². The second-order valence-electron chi connectivity index (χ2n) is 6.53. The number of nitrogens with zero attached hydrogens (tertiary/aromatic N) is 2. The summed E-state index contributed by atoms with van der Waals surface area (Å²) in [7, 11) is 0. The molecule has 0 bridgehead atoms. The van der Waals surface area contributed by atoms with Gasteiger partial charge in [-0.25, -0.2) is 0 Å². The lowest BCUT2D eigenvalue weighted by atomic mass is 10.1. The van der Waals surface area contributed by atoms with Gasteiger partial charge in [-0.3, -0.25) is 30.8 Å². The number of para-hydroxylation sites is 1. The Hall–Kier alpha value is -3.68. The third kappa shape index (κ3) is 4.26. The smallest absolute Gasteiger partial charge is 0.263 e. The van der Waals surface area contributed by atoms with Crippen molar-refractivity contribution in [2.45, 2.75) is 12.6 Å². The Morgan fingerprint density at radius 1 is 1.10 bits per heavy atom. The van der Waals surface area contributed by atoms with Crippen LogP contribution in [0.5, 0.6) is 0 Å². The largest absolute Gasteiger partial charge is 0.305 e. The van der Waals surface area contributed by atoms with Gasteiger partial charge in [-0.2, -0.15) is 0 Å². The zero-order valence-corrected chi connectivity index (χ0v) is 15.5. The summed E-state index contributed by atoms with van der Waals surface area (Å²) in [6.45, 7) is 0.366. The van der Waals surface area contributed by atoms with Crippen LogP contribution in [-0.2, 0) is 16.2 Å². The van der Waals surface area contributed by atoms with Gasteiger partial charge in [0.15, 0.2) is 6.10 Å². The second kappa shape index (κ2) is 8.55. The van der Waals surface area contributed by atoms with Crippen molar-refractivity contribution >= 4 is 23.0 Å². The van der Waals surface area contributed by atoms with Crippen LogP contribution in [0.3, 0.4) is 0 Å². The molecule has 1 amide bonds. The summed E-state index contributed by atoms with van der Waals surface area (Å²) >= 11 is 0. The number of anilines is 2. The van der Waals surface area contributed by atoms with Crippen LogP contribution in [0, 0.1) is 0 Å². The first-order valence-corrected chi connectivity index (χ1v) is 9.14. The Labute approximate surface area is 168 Å². The molecule has 1 unspecified atom stereocenters. The zero-order chi connectivity index (χ0) is 20.1. The molecule has 0 saturated carbocycles. The summed E-state index contributed by atoms with van der Waals surface area (Å²) < 4.78 is 0. The van der Waals surface area contributed by atoms with Crippen molar-refractivity contribution in [2.24, 2.45) is 0 Å². The van der Waals surface area contributed by atoms with Gasteiger partial charge in [-0.05, 0) is 48.0 Å². The molecule has 29 heavy (non-hydrogen) atoms. The van der Waals surface area contributed by atoms with Gasteiger partial charge in [0.2, 0.25) is 0 Å². The van der Waals surface area contributed by atoms with Crippen molar-refractivity contribution in [3.63, 3.8) is 0 Å². The van der Waals surface area contributed by atoms with Gasteiger partial charge >= 0.3 is 0 Å².